The predicted octanol–water partition coefficient (Wildman–Crippen LogP) is 2.71. The third-order valence-electron chi connectivity index (χ3n) is 4.49. The molecule has 1 fully saturated rings. The van der Waals surface area contributed by atoms with Crippen LogP contribution in [0.5, 0.6) is 0 Å². The van der Waals surface area contributed by atoms with Gasteiger partial charge in [0.25, 0.3) is 0 Å². The van der Waals surface area contributed by atoms with Crippen molar-refractivity contribution < 1.29 is 17.5 Å². The Morgan fingerprint density at radius 3 is 2.48 bits per heavy atom. The Morgan fingerprint density at radius 2 is 1.92 bits per heavy atom. The van der Waals surface area contributed by atoms with Crippen molar-refractivity contribution in [3.05, 3.63) is 47.0 Å². The number of hydrogen-bond acceptors (Lipinski definition) is 4. The summed E-state index contributed by atoms with van der Waals surface area (Å²) < 4.78 is 47.1. The molecule has 136 valence electrons. The second-order valence-corrected chi connectivity index (χ2v) is 8.76. The minimum atomic E-state index is -3.75. The molecule has 0 radical (unpaired) electrons. The highest BCUT2D eigenvalue weighted by Gasteiger charge is 2.44. The molecular formula is C17H22FN3O3S. The second kappa shape index (κ2) is 6.19. The van der Waals surface area contributed by atoms with Gasteiger partial charge in [0.05, 0.1) is 29.6 Å². The summed E-state index contributed by atoms with van der Waals surface area (Å²) in [6, 6.07) is 5.94. The summed E-state index contributed by atoms with van der Waals surface area (Å²) in [5.74, 6) is -0.339. The van der Waals surface area contributed by atoms with Crippen LogP contribution in [0.15, 0.2) is 29.2 Å². The van der Waals surface area contributed by atoms with E-state index in [4.69, 9.17) is 4.74 Å². The molecule has 6 nitrogen and oxygen atoms in total. The lowest BCUT2D eigenvalue weighted by Crippen LogP contribution is -2.56. The van der Waals surface area contributed by atoms with Gasteiger partial charge in [-0.1, -0.05) is 12.1 Å². The van der Waals surface area contributed by atoms with Gasteiger partial charge in [-0.05, 0) is 45.4 Å². The maximum Gasteiger partial charge on any atom is 0.247 e. The number of nitrogens with zero attached hydrogens (tertiary/aromatic N) is 2. The van der Waals surface area contributed by atoms with Gasteiger partial charge in [-0.3, -0.25) is 5.10 Å². The van der Waals surface area contributed by atoms with Crippen molar-refractivity contribution in [2.24, 2.45) is 0 Å². The number of morpholine rings is 1. The Balaban J connectivity index is 1.99. The van der Waals surface area contributed by atoms with Crippen molar-refractivity contribution in [1.82, 2.24) is 14.5 Å². The number of halogens is 1. The van der Waals surface area contributed by atoms with Crippen LogP contribution in [0.2, 0.25) is 0 Å². The smallest absolute Gasteiger partial charge is 0.247 e. The largest absolute Gasteiger partial charge is 0.370 e. The maximum absolute atomic E-state index is 13.3. The molecule has 0 aliphatic carbocycles. The monoisotopic (exact) mass is 367 g/mol. The SMILES string of the molecule is Cc1n[nH]c(C)c1S(=O)(=O)N1CC(c2ccc(F)cc2)OCC1(C)C. The van der Waals surface area contributed by atoms with E-state index in [-0.39, 0.29) is 23.9 Å². The van der Waals surface area contributed by atoms with Gasteiger partial charge in [-0.25, -0.2) is 12.8 Å². The summed E-state index contributed by atoms with van der Waals surface area (Å²) in [5.41, 5.74) is 1.000. The van der Waals surface area contributed by atoms with E-state index in [1.165, 1.54) is 16.4 Å². The van der Waals surface area contributed by atoms with Gasteiger partial charge >= 0.3 is 0 Å². The highest BCUT2D eigenvalue weighted by atomic mass is 32.2. The lowest BCUT2D eigenvalue weighted by atomic mass is 10.0. The summed E-state index contributed by atoms with van der Waals surface area (Å²) >= 11 is 0. The van der Waals surface area contributed by atoms with E-state index in [2.05, 4.69) is 10.2 Å². The van der Waals surface area contributed by atoms with Gasteiger partial charge in [0.1, 0.15) is 10.7 Å². The molecular weight excluding hydrogens is 345 g/mol. The molecule has 0 saturated carbocycles. The van der Waals surface area contributed by atoms with E-state index in [0.29, 0.717) is 11.4 Å². The first kappa shape index (κ1) is 18.0. The first-order valence-corrected chi connectivity index (χ1v) is 9.48. The van der Waals surface area contributed by atoms with E-state index in [9.17, 15) is 12.8 Å². The van der Waals surface area contributed by atoms with Gasteiger partial charge < -0.3 is 4.74 Å². The summed E-state index contributed by atoms with van der Waals surface area (Å²) in [5, 5.41) is 6.74. The van der Waals surface area contributed by atoms with Crippen LogP contribution in [-0.4, -0.2) is 41.6 Å². The van der Waals surface area contributed by atoms with E-state index in [0.717, 1.165) is 5.56 Å². The van der Waals surface area contributed by atoms with Crippen molar-refractivity contribution in [3.63, 3.8) is 0 Å². The summed E-state index contributed by atoms with van der Waals surface area (Å²) in [6.07, 6.45) is -0.448. The number of aryl methyl sites for hydroxylation is 2. The molecule has 1 aromatic carbocycles. The van der Waals surface area contributed by atoms with E-state index < -0.39 is 21.7 Å². The van der Waals surface area contributed by atoms with Crippen molar-refractivity contribution in [2.45, 2.75) is 44.2 Å². The van der Waals surface area contributed by atoms with Gasteiger partial charge in [0.2, 0.25) is 10.0 Å². The predicted molar refractivity (Wildman–Crippen MR) is 91.1 cm³/mol. The molecule has 2 heterocycles. The minimum absolute atomic E-state index is 0.158. The number of H-pyrrole nitrogens is 1. The van der Waals surface area contributed by atoms with Crippen LogP contribution < -0.4 is 0 Å². The molecule has 1 unspecified atom stereocenters. The number of aromatic nitrogens is 2. The van der Waals surface area contributed by atoms with Gasteiger partial charge in [0, 0.05) is 6.54 Å². The van der Waals surface area contributed by atoms with Gasteiger partial charge in [-0.15, -0.1) is 0 Å². The zero-order valence-corrected chi connectivity index (χ0v) is 15.5. The zero-order valence-electron chi connectivity index (χ0n) is 14.7. The second-order valence-electron chi connectivity index (χ2n) is 6.96. The van der Waals surface area contributed by atoms with Crippen molar-refractivity contribution >= 4 is 10.0 Å². The minimum Gasteiger partial charge on any atom is -0.370 e. The number of rotatable bonds is 3. The van der Waals surface area contributed by atoms with Crippen LogP contribution in [0, 0.1) is 19.7 Å². The molecule has 1 N–H and O–H groups in total. The van der Waals surface area contributed by atoms with E-state index in [1.807, 2.05) is 13.8 Å². The molecule has 1 aliphatic rings. The highest BCUT2D eigenvalue weighted by molar-refractivity contribution is 7.89. The van der Waals surface area contributed by atoms with Crippen LogP contribution in [0.4, 0.5) is 4.39 Å². The number of ether oxygens (including phenoxy) is 1. The molecule has 2 aromatic rings. The van der Waals surface area contributed by atoms with Crippen molar-refractivity contribution in [1.29, 1.82) is 0 Å². The number of hydrogen-bond donors (Lipinski definition) is 1. The highest BCUT2D eigenvalue weighted by Crippen LogP contribution is 2.35. The third kappa shape index (κ3) is 3.21. The molecule has 3 rings (SSSR count). The quantitative estimate of drug-likeness (QED) is 0.905. The fourth-order valence-corrected chi connectivity index (χ4v) is 5.27. The Bertz CT molecular complexity index is 856. The average Bonchev–Trinajstić information content (AvgIpc) is 2.87. The Morgan fingerprint density at radius 1 is 1.28 bits per heavy atom. The number of sulfonamides is 1. The first-order valence-electron chi connectivity index (χ1n) is 8.04. The lowest BCUT2D eigenvalue weighted by Gasteiger charge is -2.44. The van der Waals surface area contributed by atoms with E-state index >= 15 is 0 Å². The van der Waals surface area contributed by atoms with Crippen LogP contribution in [0.1, 0.15) is 36.9 Å². The molecule has 1 atom stereocenters. The third-order valence-corrected chi connectivity index (χ3v) is 6.84. The van der Waals surface area contributed by atoms with Crippen molar-refractivity contribution in [3.8, 4) is 0 Å². The molecule has 1 saturated heterocycles. The average molecular weight is 367 g/mol. The molecule has 8 heteroatoms. The molecule has 0 bridgehead atoms. The van der Waals surface area contributed by atoms with Gasteiger partial charge in [-0.2, -0.15) is 9.40 Å². The molecule has 1 aliphatic heterocycles. The Labute approximate surface area is 147 Å². The van der Waals surface area contributed by atoms with Crippen molar-refractivity contribution in [2.75, 3.05) is 13.2 Å². The Kier molecular flexibility index (Phi) is 4.47. The summed E-state index contributed by atoms with van der Waals surface area (Å²) in [6.45, 7) is 7.42. The molecule has 0 spiro atoms. The Hall–Kier alpha value is -1.77. The van der Waals surface area contributed by atoms with E-state index in [1.54, 1.807) is 26.0 Å². The van der Waals surface area contributed by atoms with Crippen LogP contribution in [0.25, 0.3) is 0 Å². The normalized spacial score (nSPS) is 21.4. The van der Waals surface area contributed by atoms with Crippen LogP contribution >= 0.6 is 0 Å². The summed E-state index contributed by atoms with van der Waals surface area (Å²) in [7, 11) is -3.75. The first-order chi connectivity index (χ1) is 11.6. The topological polar surface area (TPSA) is 75.3 Å². The van der Waals surface area contributed by atoms with Gasteiger partial charge in [0.15, 0.2) is 0 Å². The lowest BCUT2D eigenvalue weighted by molar-refractivity contribution is -0.0655. The fourth-order valence-electron chi connectivity index (χ4n) is 3.16. The van der Waals surface area contributed by atoms with Crippen LogP contribution in [0.3, 0.4) is 0 Å². The van der Waals surface area contributed by atoms with Crippen LogP contribution in [-0.2, 0) is 14.8 Å². The zero-order chi connectivity index (χ0) is 18.4. The molecule has 25 heavy (non-hydrogen) atoms. The standard InChI is InChI=1S/C17H22FN3O3S/c1-11-16(12(2)20-19-11)25(22,23)21-9-15(24-10-17(21,3)4)13-5-7-14(18)8-6-13/h5-8,15H,9-10H2,1-4H3,(H,19,20). The maximum atomic E-state index is 13.3. The molecule has 0 amide bonds. The summed E-state index contributed by atoms with van der Waals surface area (Å²) in [4.78, 5) is 0.209. The fraction of sp³-hybridized carbons (Fsp3) is 0.471. The molecule has 1 aromatic heterocycles. The number of benzene rings is 1. The number of nitrogens with one attached hydrogen (secondary N) is 1. The number of aromatic amines is 1.